The van der Waals surface area contributed by atoms with E-state index < -0.39 is 48.4 Å². The first kappa shape index (κ1) is 30.7. The van der Waals surface area contributed by atoms with Gasteiger partial charge < -0.3 is 41.1 Å². The number of ether oxygens (including phenoxy) is 5. The van der Waals surface area contributed by atoms with Crippen molar-refractivity contribution in [2.75, 3.05) is 6.61 Å². The molecule has 1 aliphatic heterocycles. The molecule has 2 aromatic heterocycles. The molecule has 0 bridgehead atoms. The number of halogens is 1. The van der Waals surface area contributed by atoms with Gasteiger partial charge in [0.05, 0.1) is 12.1 Å². The zero-order chi connectivity index (χ0) is 29.6. The number of nitrogens with one attached hydrogen (secondary N) is 1. The first-order valence-corrected chi connectivity index (χ1v) is 13.2. The van der Waals surface area contributed by atoms with Crippen molar-refractivity contribution in [3.8, 4) is 5.75 Å². The number of fused-ring (bicyclic) bond motifs is 4. The zero-order valence-electron chi connectivity index (χ0n) is 24.0. The predicted molar refractivity (Wildman–Crippen MR) is 146 cm³/mol. The Morgan fingerprint density at radius 3 is 2.14 bits per heavy atom. The molecule has 0 aliphatic carbocycles. The first-order valence-electron chi connectivity index (χ1n) is 13.2. The van der Waals surface area contributed by atoms with Crippen molar-refractivity contribution in [3.05, 3.63) is 47.8 Å². The maximum Gasteiger partial charge on any atom is 0.308 e. The molecule has 4 atom stereocenters. The van der Waals surface area contributed by atoms with E-state index in [1.807, 2.05) is 38.2 Å². The average Bonchev–Trinajstić information content (AvgIpc) is 3.27. The predicted octanol–water partition coefficient (Wildman–Crippen LogP) is 0.632. The Morgan fingerprint density at radius 2 is 1.50 bits per heavy atom. The number of rotatable bonds is 5. The number of carbonyl (C=O) groups is 4. The van der Waals surface area contributed by atoms with Gasteiger partial charge in [0.2, 0.25) is 6.10 Å². The molecule has 2 aromatic carbocycles. The topological polar surface area (TPSA) is 134 Å². The Labute approximate surface area is 247 Å². The fraction of sp³-hybridized carbons (Fsp3) is 0.367. The molecule has 1 aliphatic rings. The van der Waals surface area contributed by atoms with E-state index in [2.05, 4.69) is 4.98 Å². The summed E-state index contributed by atoms with van der Waals surface area (Å²) >= 11 is 0. The third kappa shape index (κ3) is 5.75. The van der Waals surface area contributed by atoms with Gasteiger partial charge in [0.25, 0.3) is 0 Å². The Hall–Kier alpha value is -4.22. The molecule has 1 saturated heterocycles. The van der Waals surface area contributed by atoms with Crippen LogP contribution < -0.4 is 21.7 Å². The van der Waals surface area contributed by atoms with Crippen molar-refractivity contribution in [2.45, 2.75) is 66.1 Å². The number of aromatic amines is 1. The maximum absolute atomic E-state index is 12.1. The molecule has 0 saturated carbocycles. The van der Waals surface area contributed by atoms with E-state index in [1.54, 1.807) is 16.8 Å². The van der Waals surface area contributed by atoms with Gasteiger partial charge in [-0.1, -0.05) is 0 Å². The molecule has 0 radical (unpaired) electrons. The van der Waals surface area contributed by atoms with E-state index in [0.29, 0.717) is 5.75 Å². The SMILES string of the molecule is CC(=O)Oc1ccc2[nH]c3c(C)c4cc[n+]([C@@H]5OC[C@H](OC(C)=O)[C@@H](OC(C)=O)[C@H]5OC(C)=O)cc4c(C)c3c2c1.[Cl-]. The van der Waals surface area contributed by atoms with Crippen LogP contribution in [0.25, 0.3) is 32.6 Å². The summed E-state index contributed by atoms with van der Waals surface area (Å²) in [5.41, 5.74) is 3.85. The summed E-state index contributed by atoms with van der Waals surface area (Å²) in [4.78, 5) is 50.9. The molecule has 0 unspecified atom stereocenters. The molecule has 11 nitrogen and oxygen atoms in total. The molecule has 0 amide bonds. The number of hydrogen-bond acceptors (Lipinski definition) is 9. The molecule has 42 heavy (non-hydrogen) atoms. The molecule has 0 spiro atoms. The minimum absolute atomic E-state index is 0. The molecule has 3 heterocycles. The van der Waals surface area contributed by atoms with Crippen molar-refractivity contribution >= 4 is 56.5 Å². The van der Waals surface area contributed by atoms with E-state index in [9.17, 15) is 19.2 Å². The van der Waals surface area contributed by atoms with Crippen LogP contribution in [0.4, 0.5) is 0 Å². The van der Waals surface area contributed by atoms with Gasteiger partial charge in [0.1, 0.15) is 5.75 Å². The van der Waals surface area contributed by atoms with E-state index in [1.165, 1.54) is 27.7 Å². The third-order valence-electron chi connectivity index (χ3n) is 7.19. The van der Waals surface area contributed by atoms with Gasteiger partial charge in [-0.25, -0.2) is 0 Å². The lowest BCUT2D eigenvalue weighted by Gasteiger charge is -2.37. The highest BCUT2D eigenvalue weighted by Gasteiger charge is 2.51. The number of carbonyl (C=O) groups excluding carboxylic acids is 4. The first-order chi connectivity index (χ1) is 19.4. The lowest BCUT2D eigenvalue weighted by Crippen LogP contribution is -3.00. The smallest absolute Gasteiger partial charge is 0.308 e. The van der Waals surface area contributed by atoms with Gasteiger partial charge in [-0.3, -0.25) is 19.2 Å². The normalized spacial score (nSPS) is 20.1. The van der Waals surface area contributed by atoms with E-state index in [-0.39, 0.29) is 19.0 Å². The van der Waals surface area contributed by atoms with Crippen molar-refractivity contribution in [3.63, 3.8) is 0 Å². The summed E-state index contributed by atoms with van der Waals surface area (Å²) in [6, 6.07) is 7.41. The summed E-state index contributed by atoms with van der Waals surface area (Å²) in [6.45, 7) is 9.02. The molecular weight excluding hydrogens is 568 g/mol. The fourth-order valence-corrected chi connectivity index (χ4v) is 5.62. The van der Waals surface area contributed by atoms with Crippen LogP contribution in [0.3, 0.4) is 0 Å². The minimum atomic E-state index is -1.10. The number of benzene rings is 2. The van der Waals surface area contributed by atoms with Gasteiger partial charge in [0.15, 0.2) is 24.6 Å². The van der Waals surface area contributed by atoms with Crippen molar-refractivity contribution in [1.29, 1.82) is 0 Å². The van der Waals surface area contributed by atoms with E-state index in [4.69, 9.17) is 23.7 Å². The summed E-state index contributed by atoms with van der Waals surface area (Å²) in [5, 5.41) is 3.79. The van der Waals surface area contributed by atoms with Crippen LogP contribution in [0.2, 0.25) is 0 Å². The van der Waals surface area contributed by atoms with Gasteiger partial charge in [-0.2, -0.15) is 4.57 Å². The molecule has 5 rings (SSSR count). The summed E-state index contributed by atoms with van der Waals surface area (Å²) in [7, 11) is 0. The Kier molecular flexibility index (Phi) is 8.74. The number of aromatic nitrogens is 2. The quantitative estimate of drug-likeness (QED) is 0.152. The number of hydrogen-bond donors (Lipinski definition) is 1. The van der Waals surface area contributed by atoms with Gasteiger partial charge in [0, 0.05) is 55.4 Å². The van der Waals surface area contributed by atoms with E-state index in [0.717, 1.165) is 43.7 Å². The Balaban J connectivity index is 0.00000405. The second-order valence-corrected chi connectivity index (χ2v) is 10.2. The number of nitrogens with zero attached hydrogens (tertiary/aromatic N) is 1. The molecule has 222 valence electrons. The van der Waals surface area contributed by atoms with Crippen LogP contribution in [0.15, 0.2) is 36.7 Å². The zero-order valence-corrected chi connectivity index (χ0v) is 24.7. The van der Waals surface area contributed by atoms with Crippen molar-refractivity contribution in [1.82, 2.24) is 4.98 Å². The highest BCUT2D eigenvalue weighted by molar-refractivity contribution is 6.16. The average molecular weight is 599 g/mol. The lowest BCUT2D eigenvalue weighted by atomic mass is 9.96. The highest BCUT2D eigenvalue weighted by Crippen LogP contribution is 2.38. The largest absolute Gasteiger partial charge is 1.00 e. The summed E-state index contributed by atoms with van der Waals surface area (Å²) < 4.78 is 29.6. The lowest BCUT2D eigenvalue weighted by molar-refractivity contribution is -0.773. The minimum Gasteiger partial charge on any atom is -1.00 e. The van der Waals surface area contributed by atoms with Crippen LogP contribution in [0.1, 0.15) is 45.0 Å². The van der Waals surface area contributed by atoms with Gasteiger partial charge in [-0.05, 0) is 48.6 Å². The summed E-state index contributed by atoms with van der Waals surface area (Å²) in [5.74, 6) is -1.76. The monoisotopic (exact) mass is 598 g/mol. The molecule has 12 heteroatoms. The van der Waals surface area contributed by atoms with Crippen LogP contribution in [0.5, 0.6) is 5.75 Å². The van der Waals surface area contributed by atoms with Crippen LogP contribution >= 0.6 is 0 Å². The standard InChI is InChI=1S/C30H30N2O9.ClH/c1-14-23-12-32(30-29(41-19(6)36)28(40-18(5)35)25(13-37-30)39-17(4)34)10-9-21(23)15(2)27-26(14)22-11-20(38-16(3)33)7-8-24(22)31-27;/h7-12,25,28-30H,13H2,1-6H3;1H/t25-,28+,29+,30+;/m0./s1. The molecule has 4 aromatic rings. The second-order valence-electron chi connectivity index (χ2n) is 10.2. The number of aryl methyl sites for hydroxylation is 2. The van der Waals surface area contributed by atoms with Crippen molar-refractivity contribution < 1.29 is 59.8 Å². The van der Waals surface area contributed by atoms with Gasteiger partial charge >= 0.3 is 30.1 Å². The third-order valence-corrected chi connectivity index (χ3v) is 7.19. The summed E-state index contributed by atoms with van der Waals surface area (Å²) in [6.07, 6.45) is -0.320. The Bertz CT molecular complexity index is 1730. The second kappa shape index (κ2) is 11.9. The van der Waals surface area contributed by atoms with Gasteiger partial charge in [-0.15, -0.1) is 0 Å². The molecule has 1 fully saturated rings. The number of esters is 4. The highest BCUT2D eigenvalue weighted by atomic mass is 35.5. The van der Waals surface area contributed by atoms with Crippen LogP contribution in [-0.4, -0.2) is 53.8 Å². The molecular formula is C30H31ClN2O9. The maximum atomic E-state index is 12.1. The Morgan fingerprint density at radius 1 is 0.833 bits per heavy atom. The number of pyridine rings is 1. The van der Waals surface area contributed by atoms with Crippen LogP contribution in [0, 0.1) is 13.8 Å². The number of H-pyrrole nitrogens is 1. The van der Waals surface area contributed by atoms with Crippen LogP contribution in [-0.2, 0) is 38.1 Å². The van der Waals surface area contributed by atoms with E-state index >= 15 is 0 Å². The molecule has 1 N–H and O–H groups in total. The fourth-order valence-electron chi connectivity index (χ4n) is 5.62. The van der Waals surface area contributed by atoms with Crippen molar-refractivity contribution in [2.24, 2.45) is 0 Å².